The number of aliphatic carboxylic acids is 1. The van der Waals surface area contributed by atoms with E-state index in [-0.39, 0.29) is 0 Å². The van der Waals surface area contributed by atoms with Crippen molar-refractivity contribution in [3.8, 4) is 11.5 Å². The molecule has 0 aliphatic carbocycles. The fraction of sp³-hybridized carbons (Fsp3) is 0.323. The number of carboxylic acids is 1. The molecule has 212 valence electrons. The number of aliphatic hydroxyl groups is 3. The van der Waals surface area contributed by atoms with Crippen molar-refractivity contribution in [2.75, 3.05) is 20.2 Å². The normalized spacial score (nSPS) is 23.3. The molecule has 1 fully saturated rings. The summed E-state index contributed by atoms with van der Waals surface area (Å²) in [5.41, 5.74) is 5.19. The molecule has 0 saturated carbocycles. The lowest BCUT2D eigenvalue weighted by molar-refractivity contribution is -0.271. The van der Waals surface area contributed by atoms with Crippen LogP contribution in [-0.2, 0) is 9.53 Å². The van der Waals surface area contributed by atoms with Crippen LogP contribution in [0.1, 0.15) is 30.0 Å². The number of allylic oxidation sites excluding steroid dienone is 1. The molecule has 0 unspecified atom stereocenters. The quantitative estimate of drug-likeness (QED) is 0.181. The van der Waals surface area contributed by atoms with Gasteiger partial charge in [-0.3, -0.25) is 0 Å². The van der Waals surface area contributed by atoms with E-state index in [0.29, 0.717) is 12.4 Å². The minimum absolute atomic E-state index is 0.297. The standard InChI is InChI=1S/C31H35NO8/c1-3-24(19-7-5-4-6-8-19)25(20-9-13-22(14-10-20)38-18-17-32-2)21-11-15-23(16-12-21)39-31-28(35)26(33)27(34)29(40-31)30(36)37/h4-16,26-29,31-35H,3,17-18H2,1-2H3,(H,36,37)/b25-24+/t26-,27-,28+,29-,31+/m0/s1. The van der Waals surface area contributed by atoms with Gasteiger partial charge in [0.2, 0.25) is 6.29 Å². The van der Waals surface area contributed by atoms with Crippen LogP contribution in [-0.4, -0.2) is 77.3 Å². The number of carbonyl (C=O) groups is 1. The van der Waals surface area contributed by atoms with Crippen LogP contribution in [0.3, 0.4) is 0 Å². The molecule has 1 aliphatic heterocycles. The maximum absolute atomic E-state index is 11.4. The molecule has 1 saturated heterocycles. The highest BCUT2D eigenvalue weighted by atomic mass is 16.7. The Balaban J connectivity index is 1.65. The number of hydrogen-bond donors (Lipinski definition) is 5. The van der Waals surface area contributed by atoms with Crippen molar-refractivity contribution in [1.82, 2.24) is 5.32 Å². The highest BCUT2D eigenvalue weighted by molar-refractivity contribution is 5.98. The Labute approximate surface area is 233 Å². The van der Waals surface area contributed by atoms with E-state index < -0.39 is 36.7 Å². The predicted octanol–water partition coefficient (Wildman–Crippen LogP) is 2.92. The molecule has 4 rings (SSSR count). The molecule has 9 heteroatoms. The van der Waals surface area contributed by atoms with Gasteiger partial charge in [0.15, 0.2) is 6.10 Å². The summed E-state index contributed by atoms with van der Waals surface area (Å²) < 4.78 is 16.7. The van der Waals surface area contributed by atoms with Crippen LogP contribution in [0, 0.1) is 0 Å². The van der Waals surface area contributed by atoms with Crippen molar-refractivity contribution in [1.29, 1.82) is 0 Å². The molecule has 0 spiro atoms. The van der Waals surface area contributed by atoms with Gasteiger partial charge in [-0.1, -0.05) is 61.5 Å². The lowest BCUT2D eigenvalue weighted by Crippen LogP contribution is -2.61. The summed E-state index contributed by atoms with van der Waals surface area (Å²) in [6, 6.07) is 25.2. The molecule has 5 atom stereocenters. The van der Waals surface area contributed by atoms with E-state index in [1.807, 2.05) is 61.6 Å². The van der Waals surface area contributed by atoms with E-state index in [1.54, 1.807) is 12.1 Å². The molecule has 5 N–H and O–H groups in total. The van der Waals surface area contributed by atoms with Gasteiger partial charge in [0, 0.05) is 6.54 Å². The largest absolute Gasteiger partial charge is 0.492 e. The topological polar surface area (TPSA) is 138 Å². The first-order chi connectivity index (χ1) is 19.3. The Morgan fingerprint density at radius 2 is 1.43 bits per heavy atom. The first-order valence-corrected chi connectivity index (χ1v) is 13.2. The predicted molar refractivity (Wildman–Crippen MR) is 150 cm³/mol. The highest BCUT2D eigenvalue weighted by Gasteiger charge is 2.48. The van der Waals surface area contributed by atoms with Crippen molar-refractivity contribution in [3.05, 3.63) is 95.6 Å². The van der Waals surface area contributed by atoms with Gasteiger partial charge >= 0.3 is 5.97 Å². The molecular formula is C31H35NO8. The molecule has 1 aliphatic rings. The second-order valence-electron chi connectivity index (χ2n) is 9.43. The van der Waals surface area contributed by atoms with Crippen LogP contribution in [0.15, 0.2) is 78.9 Å². The van der Waals surface area contributed by atoms with Crippen LogP contribution >= 0.6 is 0 Å². The number of nitrogens with one attached hydrogen (secondary N) is 1. The number of aliphatic hydroxyl groups excluding tert-OH is 3. The van der Waals surface area contributed by atoms with E-state index in [2.05, 4.69) is 24.4 Å². The Morgan fingerprint density at radius 1 is 0.825 bits per heavy atom. The maximum atomic E-state index is 11.4. The number of carboxylic acid groups (broad SMARTS) is 1. The smallest absolute Gasteiger partial charge is 0.335 e. The average molecular weight is 550 g/mol. The Bertz CT molecular complexity index is 1280. The van der Waals surface area contributed by atoms with E-state index in [9.17, 15) is 25.2 Å². The first kappa shape index (κ1) is 29.3. The van der Waals surface area contributed by atoms with Gasteiger partial charge in [0.05, 0.1) is 0 Å². The minimum Gasteiger partial charge on any atom is -0.492 e. The van der Waals surface area contributed by atoms with E-state index in [1.165, 1.54) is 0 Å². The van der Waals surface area contributed by atoms with Crippen LogP contribution in [0.4, 0.5) is 0 Å². The summed E-state index contributed by atoms with van der Waals surface area (Å²) in [5.74, 6) is -0.396. The van der Waals surface area contributed by atoms with E-state index in [4.69, 9.17) is 14.2 Å². The zero-order valence-corrected chi connectivity index (χ0v) is 22.4. The lowest BCUT2D eigenvalue weighted by Gasteiger charge is -2.38. The summed E-state index contributed by atoms with van der Waals surface area (Å²) in [6.07, 6.45) is -7.60. The van der Waals surface area contributed by atoms with Gasteiger partial charge in [-0.25, -0.2) is 4.79 Å². The molecule has 0 aromatic heterocycles. The molecule has 1 heterocycles. The average Bonchev–Trinajstić information content (AvgIpc) is 2.97. The second kappa shape index (κ2) is 13.6. The van der Waals surface area contributed by atoms with E-state index in [0.717, 1.165) is 46.6 Å². The number of likely N-dealkylation sites (N-methyl/N-ethyl adjacent to an activating group) is 1. The van der Waals surface area contributed by atoms with Crippen LogP contribution in [0.2, 0.25) is 0 Å². The highest BCUT2D eigenvalue weighted by Crippen LogP contribution is 2.36. The van der Waals surface area contributed by atoms with Crippen molar-refractivity contribution < 1.29 is 39.4 Å². The number of benzene rings is 3. The molecule has 9 nitrogen and oxygen atoms in total. The third-order valence-electron chi connectivity index (χ3n) is 6.75. The third-order valence-corrected chi connectivity index (χ3v) is 6.75. The monoisotopic (exact) mass is 549 g/mol. The fourth-order valence-electron chi connectivity index (χ4n) is 4.65. The van der Waals surface area contributed by atoms with Crippen LogP contribution in [0.25, 0.3) is 11.1 Å². The fourth-order valence-corrected chi connectivity index (χ4v) is 4.65. The van der Waals surface area contributed by atoms with Gasteiger partial charge in [0.25, 0.3) is 0 Å². The Kier molecular flexibility index (Phi) is 9.92. The van der Waals surface area contributed by atoms with Gasteiger partial charge in [-0.15, -0.1) is 0 Å². The minimum atomic E-state index is -1.78. The summed E-state index contributed by atoms with van der Waals surface area (Å²) in [6.45, 7) is 3.41. The van der Waals surface area contributed by atoms with Crippen molar-refractivity contribution in [2.24, 2.45) is 0 Å². The maximum Gasteiger partial charge on any atom is 0.335 e. The SMILES string of the molecule is CC/C(=C(/c1ccc(OCCNC)cc1)c1ccc(O[C@@H]2O[C@H](C(=O)O)[C@@H](O)[C@H](O)[C@H]2O)cc1)c1ccccc1. The van der Waals surface area contributed by atoms with Gasteiger partial charge < -0.3 is 40.0 Å². The second-order valence-corrected chi connectivity index (χ2v) is 9.43. The molecule has 0 amide bonds. The summed E-state index contributed by atoms with van der Waals surface area (Å²) in [4.78, 5) is 11.4. The zero-order chi connectivity index (χ0) is 28.6. The number of ether oxygens (including phenoxy) is 3. The van der Waals surface area contributed by atoms with Crippen LogP contribution in [0.5, 0.6) is 11.5 Å². The molecule has 40 heavy (non-hydrogen) atoms. The Hall–Kier alpha value is -3.73. The lowest BCUT2D eigenvalue weighted by atomic mass is 9.88. The summed E-state index contributed by atoms with van der Waals surface area (Å²) >= 11 is 0. The number of hydrogen-bond acceptors (Lipinski definition) is 8. The van der Waals surface area contributed by atoms with Crippen molar-refractivity contribution >= 4 is 17.1 Å². The van der Waals surface area contributed by atoms with Gasteiger partial charge in [-0.2, -0.15) is 0 Å². The van der Waals surface area contributed by atoms with Crippen molar-refractivity contribution in [2.45, 2.75) is 44.1 Å². The Morgan fingerprint density at radius 3 is 1.98 bits per heavy atom. The van der Waals surface area contributed by atoms with Crippen molar-refractivity contribution in [3.63, 3.8) is 0 Å². The van der Waals surface area contributed by atoms with Crippen LogP contribution < -0.4 is 14.8 Å². The van der Waals surface area contributed by atoms with E-state index >= 15 is 0 Å². The molecule has 0 radical (unpaired) electrons. The number of rotatable bonds is 11. The summed E-state index contributed by atoms with van der Waals surface area (Å²) in [5, 5.41) is 42.7. The molecule has 3 aromatic rings. The van der Waals surface area contributed by atoms with Gasteiger partial charge in [0.1, 0.15) is 36.4 Å². The van der Waals surface area contributed by atoms with Gasteiger partial charge in [-0.05, 0) is 65.6 Å². The molecular weight excluding hydrogens is 514 g/mol. The summed E-state index contributed by atoms with van der Waals surface area (Å²) in [7, 11) is 1.88. The molecule has 3 aromatic carbocycles. The molecule has 0 bridgehead atoms. The zero-order valence-electron chi connectivity index (χ0n) is 22.4. The first-order valence-electron chi connectivity index (χ1n) is 13.2. The third kappa shape index (κ3) is 6.70.